The van der Waals surface area contributed by atoms with Crippen LogP contribution in [0.1, 0.15) is 12.8 Å². The first-order chi connectivity index (χ1) is 3.79. The maximum absolute atomic E-state index is 12.2. The van der Waals surface area contributed by atoms with Gasteiger partial charge in [0.05, 0.1) is 0 Å². The fraction of sp³-hybridized carbons (Fsp3) is 0.333. The molecule has 1 aliphatic carbocycles. The van der Waals surface area contributed by atoms with Gasteiger partial charge in [0.25, 0.3) is 0 Å². The molecule has 44 valence electrons. The molecule has 0 saturated carbocycles. The number of hydrogen-bond acceptors (Lipinski definition) is 0. The molecule has 0 spiro atoms. The van der Waals surface area contributed by atoms with Gasteiger partial charge in [-0.25, -0.2) is 4.39 Å². The number of rotatable bonds is 0. The largest absolute Gasteiger partial charge is 0.212 e. The SMILES string of the molecule is FC1=CC(Cl)=CCC1. The molecule has 8 heavy (non-hydrogen) atoms. The van der Waals surface area contributed by atoms with Crippen molar-refractivity contribution in [1.82, 2.24) is 0 Å². The average Bonchev–Trinajstić information content (AvgIpc) is 1.64. The van der Waals surface area contributed by atoms with Crippen LogP contribution in [0.25, 0.3) is 0 Å². The molecule has 0 atom stereocenters. The van der Waals surface area contributed by atoms with Crippen LogP contribution in [0.15, 0.2) is 23.0 Å². The van der Waals surface area contributed by atoms with Gasteiger partial charge in [0.2, 0.25) is 0 Å². The summed E-state index contributed by atoms with van der Waals surface area (Å²) in [6.45, 7) is 0. The van der Waals surface area contributed by atoms with Gasteiger partial charge >= 0.3 is 0 Å². The highest BCUT2D eigenvalue weighted by Gasteiger charge is 2.00. The smallest absolute Gasteiger partial charge is 0.102 e. The second-order valence-electron chi connectivity index (χ2n) is 1.72. The third-order valence-corrected chi connectivity index (χ3v) is 1.28. The molecule has 0 aromatic heterocycles. The Labute approximate surface area is 52.6 Å². The molecule has 0 fully saturated rings. The summed E-state index contributed by atoms with van der Waals surface area (Å²) in [5.74, 6) is -0.113. The summed E-state index contributed by atoms with van der Waals surface area (Å²) in [4.78, 5) is 0. The van der Waals surface area contributed by atoms with E-state index in [0.29, 0.717) is 11.5 Å². The molecule has 0 unspecified atom stereocenters. The monoisotopic (exact) mass is 132 g/mol. The zero-order valence-corrected chi connectivity index (χ0v) is 5.08. The van der Waals surface area contributed by atoms with Gasteiger partial charge in [0.1, 0.15) is 5.83 Å². The molecule has 0 radical (unpaired) electrons. The quantitative estimate of drug-likeness (QED) is 0.476. The van der Waals surface area contributed by atoms with Crippen LogP contribution in [0, 0.1) is 0 Å². The summed E-state index contributed by atoms with van der Waals surface area (Å²) in [7, 11) is 0. The summed E-state index contributed by atoms with van der Waals surface area (Å²) in [6, 6.07) is 0. The Morgan fingerprint density at radius 1 is 1.62 bits per heavy atom. The first-order valence-corrected chi connectivity index (χ1v) is 2.88. The second-order valence-corrected chi connectivity index (χ2v) is 2.16. The van der Waals surface area contributed by atoms with E-state index >= 15 is 0 Å². The van der Waals surface area contributed by atoms with Crippen LogP contribution in [0.2, 0.25) is 0 Å². The lowest BCUT2D eigenvalue weighted by Crippen LogP contribution is -1.81. The average molecular weight is 133 g/mol. The van der Waals surface area contributed by atoms with Crippen molar-refractivity contribution in [2.75, 3.05) is 0 Å². The summed E-state index contributed by atoms with van der Waals surface area (Å²) < 4.78 is 12.2. The lowest BCUT2D eigenvalue weighted by molar-refractivity contribution is 0.587. The Morgan fingerprint density at radius 2 is 2.38 bits per heavy atom. The lowest BCUT2D eigenvalue weighted by Gasteiger charge is -1.99. The standard InChI is InChI=1S/C6H6ClF/c7-5-2-1-3-6(8)4-5/h2,4H,1,3H2. The third kappa shape index (κ3) is 1.34. The van der Waals surface area contributed by atoms with Gasteiger partial charge in [0.15, 0.2) is 0 Å². The van der Waals surface area contributed by atoms with E-state index < -0.39 is 0 Å². The number of halogens is 2. The van der Waals surface area contributed by atoms with Crippen molar-refractivity contribution in [2.45, 2.75) is 12.8 Å². The van der Waals surface area contributed by atoms with Crippen LogP contribution in [0.5, 0.6) is 0 Å². The Morgan fingerprint density at radius 3 is 2.75 bits per heavy atom. The zero-order valence-electron chi connectivity index (χ0n) is 4.32. The highest BCUT2D eigenvalue weighted by Crippen LogP contribution is 2.19. The molecule has 0 saturated heterocycles. The van der Waals surface area contributed by atoms with Gasteiger partial charge in [-0.2, -0.15) is 0 Å². The molecule has 0 nitrogen and oxygen atoms in total. The van der Waals surface area contributed by atoms with Gasteiger partial charge in [-0.05, 0) is 12.5 Å². The molecule has 1 aliphatic rings. The lowest BCUT2D eigenvalue weighted by atomic mass is 10.2. The molecule has 0 heterocycles. The fourth-order valence-corrected chi connectivity index (χ4v) is 0.856. The third-order valence-electron chi connectivity index (χ3n) is 1.02. The molecular weight excluding hydrogens is 127 g/mol. The molecular formula is C6H6ClF. The molecule has 0 amide bonds. The van der Waals surface area contributed by atoms with Crippen molar-refractivity contribution in [1.29, 1.82) is 0 Å². The van der Waals surface area contributed by atoms with Crippen LogP contribution in [-0.4, -0.2) is 0 Å². The molecule has 0 N–H and O–H groups in total. The highest BCUT2D eigenvalue weighted by molar-refractivity contribution is 6.31. The first-order valence-electron chi connectivity index (χ1n) is 2.51. The summed E-state index contributed by atoms with van der Waals surface area (Å²) in [6.07, 6.45) is 4.41. The summed E-state index contributed by atoms with van der Waals surface area (Å²) >= 11 is 5.46. The van der Waals surface area contributed by atoms with Gasteiger partial charge in [0, 0.05) is 11.5 Å². The Balaban J connectivity index is 2.69. The van der Waals surface area contributed by atoms with Crippen LogP contribution in [0.4, 0.5) is 4.39 Å². The fourth-order valence-electron chi connectivity index (χ4n) is 0.629. The number of hydrogen-bond donors (Lipinski definition) is 0. The Bertz CT molecular complexity index is 147. The minimum Gasteiger partial charge on any atom is -0.212 e. The van der Waals surface area contributed by atoms with Gasteiger partial charge < -0.3 is 0 Å². The summed E-state index contributed by atoms with van der Waals surface area (Å²) in [5, 5.41) is 0.522. The highest BCUT2D eigenvalue weighted by atomic mass is 35.5. The van der Waals surface area contributed by atoms with Crippen LogP contribution >= 0.6 is 11.6 Å². The van der Waals surface area contributed by atoms with Gasteiger partial charge in [-0.1, -0.05) is 17.7 Å². The van der Waals surface area contributed by atoms with E-state index in [1.807, 2.05) is 6.08 Å². The van der Waals surface area contributed by atoms with Gasteiger partial charge in [-0.3, -0.25) is 0 Å². The van der Waals surface area contributed by atoms with Gasteiger partial charge in [-0.15, -0.1) is 0 Å². The Kier molecular flexibility index (Phi) is 1.69. The Hall–Kier alpha value is -0.300. The van der Waals surface area contributed by atoms with Crippen molar-refractivity contribution in [3.63, 3.8) is 0 Å². The minimum absolute atomic E-state index is 0.113. The van der Waals surface area contributed by atoms with Crippen molar-refractivity contribution in [3.8, 4) is 0 Å². The molecule has 0 aliphatic heterocycles. The van der Waals surface area contributed by atoms with E-state index in [0.717, 1.165) is 6.42 Å². The topological polar surface area (TPSA) is 0 Å². The van der Waals surface area contributed by atoms with Crippen molar-refractivity contribution < 1.29 is 4.39 Å². The molecule has 0 aromatic carbocycles. The predicted octanol–water partition coefficient (Wildman–Crippen LogP) is 2.76. The van der Waals surface area contributed by atoms with Crippen LogP contribution in [-0.2, 0) is 0 Å². The molecule has 0 aromatic rings. The number of allylic oxidation sites excluding steroid dienone is 4. The first kappa shape index (κ1) is 5.83. The van der Waals surface area contributed by atoms with E-state index in [-0.39, 0.29) is 5.83 Å². The van der Waals surface area contributed by atoms with Crippen molar-refractivity contribution >= 4 is 11.6 Å². The molecule has 0 bridgehead atoms. The van der Waals surface area contributed by atoms with E-state index in [1.165, 1.54) is 6.08 Å². The summed E-state index contributed by atoms with van der Waals surface area (Å²) in [5.41, 5.74) is 0. The second kappa shape index (κ2) is 2.31. The van der Waals surface area contributed by atoms with Crippen LogP contribution in [0.3, 0.4) is 0 Å². The van der Waals surface area contributed by atoms with E-state index in [4.69, 9.17) is 11.6 Å². The normalized spacial score (nSPS) is 19.8. The van der Waals surface area contributed by atoms with Crippen LogP contribution < -0.4 is 0 Å². The molecule has 1 rings (SSSR count). The van der Waals surface area contributed by atoms with E-state index in [9.17, 15) is 4.39 Å². The van der Waals surface area contributed by atoms with E-state index in [1.54, 1.807) is 0 Å². The maximum atomic E-state index is 12.2. The molecule has 2 heteroatoms. The van der Waals surface area contributed by atoms with Crippen molar-refractivity contribution in [3.05, 3.63) is 23.0 Å². The zero-order chi connectivity index (χ0) is 5.98. The maximum Gasteiger partial charge on any atom is 0.102 e. The minimum atomic E-state index is -0.113. The predicted molar refractivity (Wildman–Crippen MR) is 32.4 cm³/mol. The van der Waals surface area contributed by atoms with E-state index in [2.05, 4.69) is 0 Å². The van der Waals surface area contributed by atoms with Crippen molar-refractivity contribution in [2.24, 2.45) is 0 Å².